The first-order chi connectivity index (χ1) is 2.00. The molecule has 0 unspecified atom stereocenters. The fourth-order valence-corrected chi connectivity index (χ4v) is 0. The first kappa shape index (κ1) is 22.7. The van der Waals surface area contributed by atoms with Gasteiger partial charge in [-0.15, -0.1) is 0 Å². The summed E-state index contributed by atoms with van der Waals surface area (Å²) >= 11 is 0. The molecule has 4 nitrogen and oxygen atoms in total. The van der Waals surface area contributed by atoms with Gasteiger partial charge in [0, 0.05) is 0 Å². The predicted molar refractivity (Wildman–Crippen MR) is 38.5 cm³/mol. The van der Waals surface area contributed by atoms with Crippen LogP contribution < -0.4 is 0 Å². The van der Waals surface area contributed by atoms with E-state index < -0.39 is 7.82 Å². The molecule has 0 heterocycles. The monoisotopic (exact) mass is 352 g/mol. The summed E-state index contributed by atoms with van der Waals surface area (Å²) in [6, 6.07) is 0. The van der Waals surface area contributed by atoms with E-state index in [1.165, 1.54) is 0 Å². The van der Waals surface area contributed by atoms with E-state index in [-0.39, 0.29) is 124 Å². The molecule has 0 saturated heterocycles. The van der Waals surface area contributed by atoms with Gasteiger partial charge >= 0.3 is 132 Å². The molecule has 0 saturated carbocycles. The van der Waals surface area contributed by atoms with Crippen LogP contribution in [0, 0.1) is 0 Å². The molecule has 0 radical (unpaired) electrons. The average Bonchev–Trinajstić information content (AvgIpc) is 0.722. The Labute approximate surface area is 147 Å². The second kappa shape index (κ2) is 11.2. The number of phosphoric acid groups is 1. The summed E-state index contributed by atoms with van der Waals surface area (Å²) in [7, 11) is -4.64. The zero-order valence-corrected chi connectivity index (χ0v) is 3.09. The number of hydrogen-bond donors (Lipinski definition) is 3. The predicted octanol–water partition coefficient (Wildman–Crippen LogP) is -3.41. The molecule has 0 spiro atoms. The summed E-state index contributed by atoms with van der Waals surface area (Å²) in [5, 5.41) is 0. The van der Waals surface area contributed by atoms with Gasteiger partial charge in [0.25, 0.3) is 0 Å². The van der Waals surface area contributed by atoms with Crippen LogP contribution in [0.3, 0.4) is 0 Å². The third kappa shape index (κ3) is 49.2. The summed E-state index contributed by atoms with van der Waals surface area (Å²) in [6.45, 7) is 0. The third-order valence-electron chi connectivity index (χ3n) is 0. The molecule has 0 bridgehead atoms. The Balaban J connectivity index is -0.0000000267. The van der Waals surface area contributed by atoms with Crippen LogP contribution in [0.25, 0.3) is 0 Å². The number of rotatable bonds is 0. The van der Waals surface area contributed by atoms with Crippen molar-refractivity contribution in [2.45, 2.75) is 0 Å². The molecule has 3 N–H and O–H groups in total. The topological polar surface area (TPSA) is 77.8 Å². The zero-order chi connectivity index (χ0) is 4.50. The molecule has 8 heteroatoms. The van der Waals surface area contributed by atoms with E-state index >= 15 is 0 Å². The van der Waals surface area contributed by atoms with E-state index in [0.717, 1.165) is 0 Å². The minimum absolute atomic E-state index is 0. The molecule has 8 heavy (non-hydrogen) atoms. The second-order valence-electron chi connectivity index (χ2n) is 0.513. The van der Waals surface area contributed by atoms with Crippen molar-refractivity contribution < 1.29 is 19.2 Å². The Kier molecular flexibility index (Phi) is 31.7. The Morgan fingerprint density at radius 3 is 1.12 bits per heavy atom. The summed E-state index contributed by atoms with van der Waals surface area (Å²) in [5.41, 5.74) is 0. The van der Waals surface area contributed by atoms with Gasteiger partial charge in [0.1, 0.15) is 0 Å². The summed E-state index contributed by atoms with van der Waals surface area (Å²) in [4.78, 5) is 21.6. The molecule has 0 amide bonds. The van der Waals surface area contributed by atoms with Crippen molar-refractivity contribution in [2.75, 3.05) is 0 Å². The first-order valence-corrected chi connectivity index (χ1v) is 2.35. The van der Waals surface area contributed by atoms with E-state index in [1.54, 1.807) is 0 Å². The molecular weight excluding hydrogens is 343 g/mol. The Morgan fingerprint density at radius 2 is 1.12 bits per heavy atom. The van der Waals surface area contributed by atoms with Gasteiger partial charge in [0.15, 0.2) is 0 Å². The molecule has 0 rings (SSSR count). The molecule has 0 aliphatic heterocycles. The van der Waals surface area contributed by atoms with Crippen molar-refractivity contribution in [3.8, 4) is 0 Å². The van der Waals surface area contributed by atoms with Gasteiger partial charge in [-0.2, -0.15) is 0 Å². The summed E-state index contributed by atoms with van der Waals surface area (Å²) < 4.78 is 8.88. The quantitative estimate of drug-likeness (QED) is 0.314. The van der Waals surface area contributed by atoms with Crippen molar-refractivity contribution in [3.05, 3.63) is 0 Å². The zero-order valence-electron chi connectivity index (χ0n) is 2.20. The molecule has 0 aromatic carbocycles. The molecular formula is H8BaNaO4PSr. The maximum atomic E-state index is 8.88. The fourth-order valence-electron chi connectivity index (χ4n) is 0. The fraction of sp³-hybridized carbons (Fsp3) is 0. The maximum absolute atomic E-state index is 8.88. The van der Waals surface area contributed by atoms with Crippen LogP contribution in [0.1, 0.15) is 0 Å². The van der Waals surface area contributed by atoms with Crippen molar-refractivity contribution in [3.63, 3.8) is 0 Å². The second-order valence-corrected chi connectivity index (χ2v) is 1.54. The van der Waals surface area contributed by atoms with E-state index in [0.29, 0.717) is 0 Å². The van der Waals surface area contributed by atoms with Gasteiger partial charge in [-0.05, 0) is 0 Å². The van der Waals surface area contributed by atoms with Crippen molar-refractivity contribution in [2.24, 2.45) is 0 Å². The van der Waals surface area contributed by atoms with Gasteiger partial charge in [-0.1, -0.05) is 0 Å². The van der Waals surface area contributed by atoms with Gasteiger partial charge in [0.05, 0.1) is 0 Å². The van der Waals surface area contributed by atoms with Crippen LogP contribution in [-0.2, 0) is 4.57 Å². The minimum atomic E-state index is -4.64. The van der Waals surface area contributed by atoms with Crippen molar-refractivity contribution in [1.82, 2.24) is 0 Å². The van der Waals surface area contributed by atoms with Crippen LogP contribution >= 0.6 is 7.82 Å². The van der Waals surface area contributed by atoms with Crippen LogP contribution in [0.2, 0.25) is 0 Å². The molecule has 0 atom stereocenters. The molecule has 0 fully saturated rings. The Morgan fingerprint density at radius 1 is 1.12 bits per heavy atom. The molecule has 0 aromatic rings. The van der Waals surface area contributed by atoms with Gasteiger partial charge in [0.2, 0.25) is 0 Å². The normalized spacial score (nSPS) is 7.38. The van der Waals surface area contributed by atoms with Crippen molar-refractivity contribution in [1.29, 1.82) is 0 Å². The first-order valence-electron chi connectivity index (χ1n) is 0.783. The van der Waals surface area contributed by atoms with Gasteiger partial charge in [-0.25, -0.2) is 4.57 Å². The van der Waals surface area contributed by atoms with Crippen LogP contribution in [0.4, 0.5) is 0 Å². The van der Waals surface area contributed by atoms with Crippen LogP contribution in [0.15, 0.2) is 0 Å². The van der Waals surface area contributed by atoms with Crippen molar-refractivity contribution >= 4 is 132 Å². The summed E-state index contributed by atoms with van der Waals surface area (Å²) in [5.74, 6) is 0. The van der Waals surface area contributed by atoms with E-state index in [2.05, 4.69) is 0 Å². The molecule has 0 aliphatic carbocycles. The average molecular weight is 351 g/mol. The SMILES string of the molecule is O=P(O)(O)O.[BaH2].[NaH].[SrH2]. The van der Waals surface area contributed by atoms with Gasteiger partial charge in [-0.3, -0.25) is 0 Å². The van der Waals surface area contributed by atoms with Crippen LogP contribution in [0.5, 0.6) is 0 Å². The van der Waals surface area contributed by atoms with Gasteiger partial charge < -0.3 is 14.7 Å². The number of hydrogen-bond acceptors (Lipinski definition) is 1. The van der Waals surface area contributed by atoms with Crippen LogP contribution in [-0.4, -0.2) is 139 Å². The Hall–Kier alpha value is 4.16. The molecule has 0 aromatic heterocycles. The standard InChI is InChI=1S/Ba.Na.H3O4P.Sr.5H/c;;1-5(2,3)4;;;;;;/h;;(H3,1,2,3,4);;;;;;. The van der Waals surface area contributed by atoms with E-state index in [4.69, 9.17) is 19.2 Å². The van der Waals surface area contributed by atoms with E-state index in [9.17, 15) is 0 Å². The summed E-state index contributed by atoms with van der Waals surface area (Å²) in [6.07, 6.45) is 0. The molecule has 0 aliphatic rings. The third-order valence-corrected chi connectivity index (χ3v) is 0. The Bertz CT molecular complexity index is 62.2. The van der Waals surface area contributed by atoms with E-state index in [1.807, 2.05) is 0 Å². The molecule has 42 valence electrons.